The fourth-order valence-corrected chi connectivity index (χ4v) is 5.47. The molecule has 0 amide bonds. The second-order valence-corrected chi connectivity index (χ2v) is 10.7. The molecule has 0 saturated heterocycles. The number of aryl methyl sites for hydroxylation is 1. The summed E-state index contributed by atoms with van der Waals surface area (Å²) in [6.07, 6.45) is 0.776. The van der Waals surface area contributed by atoms with E-state index in [2.05, 4.69) is 29.9 Å². The van der Waals surface area contributed by atoms with Gasteiger partial charge in [0.2, 0.25) is 16.0 Å². The maximum Gasteiger partial charge on any atom is 0.243 e. The Balaban J connectivity index is 1.82. The minimum atomic E-state index is -4.19. The van der Waals surface area contributed by atoms with Gasteiger partial charge in [0.25, 0.3) is 0 Å². The van der Waals surface area contributed by atoms with Gasteiger partial charge in [0.1, 0.15) is 28.5 Å². The van der Waals surface area contributed by atoms with Crippen molar-refractivity contribution in [2.75, 3.05) is 26.1 Å². The number of hydrogen-bond acceptors (Lipinski definition) is 11. The Labute approximate surface area is 216 Å². The number of para-hydroxylation sites is 1. The summed E-state index contributed by atoms with van der Waals surface area (Å²) in [5, 5.41) is 9.49. The van der Waals surface area contributed by atoms with Crippen LogP contribution < -0.4 is 14.2 Å². The quantitative estimate of drug-likeness (QED) is 0.313. The fourth-order valence-electron chi connectivity index (χ4n) is 3.57. The highest BCUT2D eigenvalue weighted by Crippen LogP contribution is 2.38. The third kappa shape index (κ3) is 5.23. The topological polar surface area (TPSA) is 143 Å². The number of ether oxygens (including phenoxy) is 3. The second-order valence-electron chi connectivity index (χ2n) is 7.76. The zero-order chi connectivity index (χ0) is 26.7. The van der Waals surface area contributed by atoms with Crippen LogP contribution in [0.4, 0.5) is 10.3 Å². The van der Waals surface area contributed by atoms with Crippen molar-refractivity contribution in [1.29, 1.82) is 0 Å². The molecule has 2 unspecified atom stereocenters. The molecule has 2 atom stereocenters. The van der Waals surface area contributed by atoms with Crippen molar-refractivity contribution in [3.63, 3.8) is 0 Å². The van der Waals surface area contributed by atoms with E-state index in [4.69, 9.17) is 14.2 Å². The maximum absolute atomic E-state index is 13.5. The van der Waals surface area contributed by atoms with Gasteiger partial charge in [-0.05, 0) is 26.0 Å². The van der Waals surface area contributed by atoms with Gasteiger partial charge in [-0.15, -0.1) is 21.5 Å². The van der Waals surface area contributed by atoms with Crippen LogP contribution in [0.15, 0.2) is 36.0 Å². The van der Waals surface area contributed by atoms with Crippen LogP contribution in [0, 0.1) is 12.7 Å². The van der Waals surface area contributed by atoms with Gasteiger partial charge in [-0.2, -0.15) is 0 Å². The number of rotatable bonds is 10. The molecule has 0 aliphatic rings. The molecular formula is C22H24FN7O5S2. The van der Waals surface area contributed by atoms with Gasteiger partial charge >= 0.3 is 0 Å². The van der Waals surface area contributed by atoms with E-state index in [0.717, 1.165) is 18.1 Å². The van der Waals surface area contributed by atoms with E-state index in [9.17, 15) is 12.8 Å². The summed E-state index contributed by atoms with van der Waals surface area (Å²) in [4.78, 5) is 12.2. The molecule has 3 heterocycles. The average Bonchev–Trinajstić information content (AvgIpc) is 3.50. The van der Waals surface area contributed by atoms with Gasteiger partial charge in [0.05, 0.1) is 26.6 Å². The molecule has 0 fully saturated rings. The second kappa shape index (κ2) is 10.7. The Morgan fingerprint density at radius 1 is 1.08 bits per heavy atom. The van der Waals surface area contributed by atoms with E-state index >= 15 is 0 Å². The van der Waals surface area contributed by atoms with Crippen LogP contribution in [0.3, 0.4) is 0 Å². The number of sulfonamides is 1. The molecule has 1 aromatic carbocycles. The van der Waals surface area contributed by atoms with E-state index in [0.29, 0.717) is 22.2 Å². The monoisotopic (exact) mass is 549 g/mol. The zero-order valence-electron chi connectivity index (χ0n) is 20.5. The molecule has 15 heteroatoms. The van der Waals surface area contributed by atoms with Crippen molar-refractivity contribution < 1.29 is 27.0 Å². The lowest BCUT2D eigenvalue weighted by molar-refractivity contribution is 0.0948. The number of hydrogen-bond donors (Lipinski definition) is 1. The summed E-state index contributed by atoms with van der Waals surface area (Å²) in [5.41, 5.74) is 1.13. The number of aromatic nitrogens is 6. The van der Waals surface area contributed by atoms with Crippen LogP contribution in [0.2, 0.25) is 0 Å². The lowest BCUT2D eigenvalue weighted by atomic mass is 10.2. The molecule has 0 saturated carbocycles. The first-order valence-electron chi connectivity index (χ1n) is 10.8. The van der Waals surface area contributed by atoms with Crippen molar-refractivity contribution >= 4 is 27.3 Å². The molecule has 0 radical (unpaired) electrons. The summed E-state index contributed by atoms with van der Waals surface area (Å²) < 4.78 is 60.7. The Morgan fingerprint density at radius 3 is 2.27 bits per heavy atom. The number of benzene rings is 1. The van der Waals surface area contributed by atoms with Crippen molar-refractivity contribution in [1.82, 2.24) is 29.7 Å². The van der Waals surface area contributed by atoms with E-state index in [1.807, 2.05) is 12.3 Å². The molecule has 196 valence electrons. The van der Waals surface area contributed by atoms with Gasteiger partial charge in [-0.1, -0.05) is 6.07 Å². The van der Waals surface area contributed by atoms with Crippen molar-refractivity contribution in [2.24, 2.45) is 0 Å². The first-order chi connectivity index (χ1) is 17.7. The van der Waals surface area contributed by atoms with Crippen LogP contribution in [-0.2, 0) is 14.8 Å². The highest BCUT2D eigenvalue weighted by molar-refractivity contribution is 7.93. The first kappa shape index (κ1) is 26.4. The molecule has 0 aliphatic carbocycles. The molecular weight excluding hydrogens is 525 g/mol. The molecule has 12 nitrogen and oxygen atoms in total. The Bertz CT molecular complexity index is 1470. The maximum atomic E-state index is 13.5. The van der Waals surface area contributed by atoms with Crippen LogP contribution in [0.1, 0.15) is 24.5 Å². The number of anilines is 1. The molecule has 4 rings (SSSR count). The number of thiazole rings is 1. The molecule has 3 aromatic heterocycles. The number of methoxy groups -OCH3 is 3. The highest BCUT2D eigenvalue weighted by Gasteiger charge is 2.35. The van der Waals surface area contributed by atoms with Gasteiger partial charge in [-0.3, -0.25) is 9.29 Å². The van der Waals surface area contributed by atoms with E-state index in [1.165, 1.54) is 44.2 Å². The molecule has 1 N–H and O–H groups in total. The van der Waals surface area contributed by atoms with Gasteiger partial charge in [0.15, 0.2) is 22.5 Å². The van der Waals surface area contributed by atoms with Crippen molar-refractivity contribution in [3.8, 4) is 28.0 Å². The summed E-state index contributed by atoms with van der Waals surface area (Å²) in [5.74, 6) is 0.266. The van der Waals surface area contributed by atoms with E-state index in [1.54, 1.807) is 18.2 Å². The predicted molar refractivity (Wildman–Crippen MR) is 134 cm³/mol. The largest absolute Gasteiger partial charge is 0.494 e. The molecule has 0 spiro atoms. The number of nitrogens with one attached hydrogen (secondary N) is 1. The third-order valence-corrected chi connectivity index (χ3v) is 8.05. The highest BCUT2D eigenvalue weighted by atomic mass is 32.2. The van der Waals surface area contributed by atoms with E-state index in [-0.39, 0.29) is 17.6 Å². The smallest absolute Gasteiger partial charge is 0.243 e. The van der Waals surface area contributed by atoms with E-state index < -0.39 is 27.2 Å². The fraction of sp³-hybridized carbons (Fsp3) is 0.318. The third-order valence-electron chi connectivity index (χ3n) is 5.40. The Morgan fingerprint density at radius 2 is 1.73 bits per heavy atom. The minimum Gasteiger partial charge on any atom is -0.494 e. The van der Waals surface area contributed by atoms with Gasteiger partial charge in [-0.25, -0.2) is 27.8 Å². The lowest BCUT2D eigenvalue weighted by Crippen LogP contribution is -2.33. The van der Waals surface area contributed by atoms with Crippen LogP contribution in [0.25, 0.3) is 16.5 Å². The predicted octanol–water partition coefficient (Wildman–Crippen LogP) is 3.16. The molecule has 0 aliphatic heterocycles. The van der Waals surface area contributed by atoms with Crippen LogP contribution in [0.5, 0.6) is 11.5 Å². The Hall–Kier alpha value is -3.69. The summed E-state index contributed by atoms with van der Waals surface area (Å²) >= 11 is 1.32. The van der Waals surface area contributed by atoms with Gasteiger partial charge < -0.3 is 14.2 Å². The Kier molecular flexibility index (Phi) is 7.65. The minimum absolute atomic E-state index is 0.00795. The number of nitrogens with zero attached hydrogens (tertiary/aromatic N) is 6. The zero-order valence-corrected chi connectivity index (χ0v) is 22.2. The van der Waals surface area contributed by atoms with Gasteiger partial charge in [0, 0.05) is 18.2 Å². The molecule has 37 heavy (non-hydrogen) atoms. The van der Waals surface area contributed by atoms with Crippen molar-refractivity contribution in [3.05, 3.63) is 53.3 Å². The SMILES string of the molecule is COc1cccc(OC)c1-n1c(NS(=O)(=O)C(C)C(OC)c2ncc(F)cn2)nnc1-c1nc(C)cs1. The summed E-state index contributed by atoms with van der Waals surface area (Å²) in [6, 6.07) is 5.13. The van der Waals surface area contributed by atoms with Crippen LogP contribution in [-0.4, -0.2) is 64.7 Å². The standard InChI is InChI=1S/C22H24FN7O5S2/c1-12-11-36-21(26-12)20-27-28-22(30(20)17-15(33-3)7-6-8-16(17)34-4)29-37(31,32)13(2)18(35-5)19-24-9-14(23)10-25-19/h6-11,13,18H,1-5H3,(H,28,29). The normalized spacial score (nSPS) is 13.2. The summed E-state index contributed by atoms with van der Waals surface area (Å²) in [6.45, 7) is 3.25. The van der Waals surface area contributed by atoms with Crippen molar-refractivity contribution in [2.45, 2.75) is 25.2 Å². The molecule has 0 bridgehead atoms. The summed E-state index contributed by atoms with van der Waals surface area (Å²) in [7, 11) is 0.0867. The first-order valence-corrected chi connectivity index (χ1v) is 13.2. The molecule has 4 aromatic rings. The van der Waals surface area contributed by atoms with Crippen LogP contribution >= 0.6 is 11.3 Å². The average molecular weight is 550 g/mol. The number of halogens is 1. The lowest BCUT2D eigenvalue weighted by Gasteiger charge is -2.22.